The molecule has 1 aromatic heterocycles. The number of nitrogens with one attached hydrogen (secondary N) is 1. The van der Waals surface area contributed by atoms with E-state index in [1.165, 1.54) is 41.6 Å². The Bertz CT molecular complexity index is 447. The maximum absolute atomic E-state index is 4.81. The van der Waals surface area contributed by atoms with Gasteiger partial charge >= 0.3 is 0 Å². The lowest BCUT2D eigenvalue weighted by atomic mass is 10.2. The van der Waals surface area contributed by atoms with Gasteiger partial charge in [0.2, 0.25) is 0 Å². The molecule has 20 heavy (non-hydrogen) atoms. The molecule has 1 unspecified atom stereocenters. The average molecular weight is 294 g/mol. The molecule has 5 heteroatoms. The molecule has 0 aromatic carbocycles. The predicted octanol–water partition coefficient (Wildman–Crippen LogP) is 2.41. The molecule has 0 amide bonds. The minimum absolute atomic E-state index is 0.416. The first-order valence-corrected chi connectivity index (χ1v) is 8.70. The van der Waals surface area contributed by atoms with E-state index in [9.17, 15) is 0 Å². The highest BCUT2D eigenvalue weighted by Gasteiger charge is 2.31. The van der Waals surface area contributed by atoms with Gasteiger partial charge in [0.05, 0.1) is 5.69 Å². The lowest BCUT2D eigenvalue weighted by molar-refractivity contribution is 0.248. The highest BCUT2D eigenvalue weighted by molar-refractivity contribution is 7.15. The van der Waals surface area contributed by atoms with Crippen LogP contribution in [-0.4, -0.2) is 48.6 Å². The third kappa shape index (κ3) is 3.00. The van der Waals surface area contributed by atoms with Crippen molar-refractivity contribution in [1.29, 1.82) is 0 Å². The molecule has 1 atom stereocenters. The van der Waals surface area contributed by atoms with E-state index < -0.39 is 0 Å². The predicted molar refractivity (Wildman–Crippen MR) is 85.8 cm³/mol. The van der Waals surface area contributed by atoms with Crippen molar-refractivity contribution in [2.24, 2.45) is 0 Å². The number of hydrogen-bond donors (Lipinski definition) is 1. The minimum Gasteiger partial charge on any atom is -0.346 e. The number of rotatable bonds is 5. The van der Waals surface area contributed by atoms with Gasteiger partial charge in [-0.25, -0.2) is 4.98 Å². The zero-order valence-electron chi connectivity index (χ0n) is 12.9. The Hall–Kier alpha value is -0.650. The molecule has 0 bridgehead atoms. The molecule has 4 nitrogen and oxygen atoms in total. The van der Waals surface area contributed by atoms with Gasteiger partial charge in [-0.1, -0.05) is 6.92 Å². The van der Waals surface area contributed by atoms with Crippen LogP contribution >= 0.6 is 11.3 Å². The Morgan fingerprint density at radius 1 is 1.30 bits per heavy atom. The Labute approximate surface area is 126 Å². The highest BCUT2D eigenvalue weighted by Crippen LogP contribution is 2.33. The molecule has 112 valence electrons. The van der Waals surface area contributed by atoms with Gasteiger partial charge in [-0.2, -0.15) is 0 Å². The monoisotopic (exact) mass is 294 g/mol. The van der Waals surface area contributed by atoms with Gasteiger partial charge < -0.3 is 10.2 Å². The summed E-state index contributed by atoms with van der Waals surface area (Å²) in [6.45, 7) is 12.2. The minimum atomic E-state index is 0.416. The number of aryl methyl sites for hydroxylation is 1. The number of hydrogen-bond acceptors (Lipinski definition) is 5. The van der Waals surface area contributed by atoms with E-state index in [0.29, 0.717) is 6.04 Å². The number of aromatic nitrogens is 1. The summed E-state index contributed by atoms with van der Waals surface area (Å²) in [4.78, 5) is 11.3. The Kier molecular flexibility index (Phi) is 4.29. The van der Waals surface area contributed by atoms with Crippen molar-refractivity contribution in [2.75, 3.05) is 37.6 Å². The zero-order chi connectivity index (χ0) is 14.1. The number of anilines is 1. The molecule has 1 N–H and O–H groups in total. The second kappa shape index (κ2) is 6.00. The smallest absolute Gasteiger partial charge is 0.185 e. The summed E-state index contributed by atoms with van der Waals surface area (Å²) in [5, 5.41) is 4.71. The molecule has 1 aromatic rings. The third-order valence-corrected chi connectivity index (χ3v) is 5.77. The summed E-state index contributed by atoms with van der Waals surface area (Å²) in [5.74, 6) is 0. The van der Waals surface area contributed by atoms with Gasteiger partial charge in [0.1, 0.15) is 0 Å². The number of nitrogens with zero attached hydrogens (tertiary/aromatic N) is 3. The van der Waals surface area contributed by atoms with E-state index in [-0.39, 0.29) is 0 Å². The lowest BCUT2D eigenvalue weighted by Gasteiger charge is -2.34. The van der Waals surface area contributed by atoms with E-state index in [0.717, 1.165) is 25.7 Å². The summed E-state index contributed by atoms with van der Waals surface area (Å²) in [5.41, 5.74) is 1.20. The van der Waals surface area contributed by atoms with Crippen LogP contribution in [0.4, 0.5) is 5.13 Å². The largest absolute Gasteiger partial charge is 0.346 e. The summed E-state index contributed by atoms with van der Waals surface area (Å²) in [6, 6.07) is 1.32. The number of piperazine rings is 1. The van der Waals surface area contributed by atoms with Crippen molar-refractivity contribution in [3.8, 4) is 0 Å². The van der Waals surface area contributed by atoms with Crippen LogP contribution in [0, 0.1) is 6.92 Å². The van der Waals surface area contributed by atoms with Crippen molar-refractivity contribution in [2.45, 2.75) is 45.7 Å². The van der Waals surface area contributed by atoms with Crippen molar-refractivity contribution in [3.63, 3.8) is 0 Å². The van der Waals surface area contributed by atoms with Crippen LogP contribution in [0.2, 0.25) is 0 Å². The van der Waals surface area contributed by atoms with Gasteiger partial charge in [0.15, 0.2) is 5.13 Å². The third-order valence-electron chi connectivity index (χ3n) is 4.37. The van der Waals surface area contributed by atoms with Crippen LogP contribution < -0.4 is 10.2 Å². The van der Waals surface area contributed by atoms with E-state index in [2.05, 4.69) is 35.9 Å². The van der Waals surface area contributed by atoms with E-state index in [1.807, 2.05) is 11.3 Å². The van der Waals surface area contributed by atoms with Crippen LogP contribution in [0.15, 0.2) is 0 Å². The Morgan fingerprint density at radius 2 is 2.00 bits per heavy atom. The van der Waals surface area contributed by atoms with Gasteiger partial charge in [-0.15, -0.1) is 11.3 Å². The number of thiazole rings is 1. The summed E-state index contributed by atoms with van der Waals surface area (Å²) < 4.78 is 0. The van der Waals surface area contributed by atoms with Crippen molar-refractivity contribution >= 4 is 16.5 Å². The topological polar surface area (TPSA) is 31.4 Å². The fraction of sp³-hybridized carbons (Fsp3) is 0.800. The van der Waals surface area contributed by atoms with Crippen molar-refractivity contribution < 1.29 is 0 Å². The molecule has 1 saturated heterocycles. The van der Waals surface area contributed by atoms with Crippen LogP contribution in [0.5, 0.6) is 0 Å². The van der Waals surface area contributed by atoms with Crippen molar-refractivity contribution in [1.82, 2.24) is 15.2 Å². The molecule has 3 rings (SSSR count). The Morgan fingerprint density at radius 3 is 2.60 bits per heavy atom. The first-order valence-electron chi connectivity index (χ1n) is 7.88. The zero-order valence-corrected chi connectivity index (χ0v) is 13.7. The molecular formula is C15H26N4S. The molecule has 2 fully saturated rings. The quantitative estimate of drug-likeness (QED) is 0.903. The molecule has 0 spiro atoms. The molecule has 1 saturated carbocycles. The molecule has 2 heterocycles. The first kappa shape index (κ1) is 14.3. The van der Waals surface area contributed by atoms with Gasteiger partial charge in [0, 0.05) is 43.1 Å². The van der Waals surface area contributed by atoms with Gasteiger partial charge in [-0.05, 0) is 33.2 Å². The molecule has 2 aliphatic rings. The summed E-state index contributed by atoms with van der Waals surface area (Å²) >= 11 is 1.87. The normalized spacial score (nSPS) is 22.2. The fourth-order valence-corrected chi connectivity index (χ4v) is 4.19. The molecular weight excluding hydrogens is 268 g/mol. The standard InChI is InChI=1S/C15H26N4S/c1-4-16-11(2)14-12(3)17-15(20-14)19-9-7-18(8-10-19)13-5-6-13/h11,13,16H,4-10H2,1-3H3. The summed E-state index contributed by atoms with van der Waals surface area (Å²) in [7, 11) is 0. The van der Waals surface area contributed by atoms with E-state index in [1.54, 1.807) is 0 Å². The summed E-state index contributed by atoms with van der Waals surface area (Å²) in [6.07, 6.45) is 2.83. The van der Waals surface area contributed by atoms with Crippen LogP contribution in [0.25, 0.3) is 0 Å². The molecule has 1 aliphatic heterocycles. The fourth-order valence-electron chi connectivity index (χ4n) is 3.05. The van der Waals surface area contributed by atoms with Crippen LogP contribution in [0.3, 0.4) is 0 Å². The van der Waals surface area contributed by atoms with Gasteiger partial charge in [-0.3, -0.25) is 4.90 Å². The lowest BCUT2D eigenvalue weighted by Crippen LogP contribution is -2.47. The Balaban J connectivity index is 1.64. The van der Waals surface area contributed by atoms with Crippen LogP contribution in [-0.2, 0) is 0 Å². The molecule has 0 radical (unpaired) electrons. The maximum Gasteiger partial charge on any atom is 0.185 e. The first-order chi connectivity index (χ1) is 9.69. The molecule has 1 aliphatic carbocycles. The second-order valence-corrected chi connectivity index (χ2v) is 6.99. The SMILES string of the molecule is CCNC(C)c1sc(N2CCN(C3CC3)CC2)nc1C. The second-order valence-electron chi connectivity index (χ2n) is 5.98. The van der Waals surface area contributed by atoms with Crippen LogP contribution in [0.1, 0.15) is 43.3 Å². The van der Waals surface area contributed by atoms with E-state index in [4.69, 9.17) is 4.98 Å². The van der Waals surface area contributed by atoms with Crippen molar-refractivity contribution in [3.05, 3.63) is 10.6 Å². The highest BCUT2D eigenvalue weighted by atomic mass is 32.1. The van der Waals surface area contributed by atoms with Gasteiger partial charge in [0.25, 0.3) is 0 Å². The average Bonchev–Trinajstić information content (AvgIpc) is 3.22. The van der Waals surface area contributed by atoms with E-state index >= 15 is 0 Å². The maximum atomic E-state index is 4.81.